The summed E-state index contributed by atoms with van der Waals surface area (Å²) in [5.74, 6) is -0.416. The van der Waals surface area contributed by atoms with Crippen LogP contribution in [0, 0.1) is 0 Å². The van der Waals surface area contributed by atoms with Crippen molar-refractivity contribution in [3.63, 3.8) is 0 Å². The van der Waals surface area contributed by atoms with Crippen LogP contribution in [0.1, 0.15) is 17.3 Å². The van der Waals surface area contributed by atoms with Gasteiger partial charge in [0.1, 0.15) is 5.56 Å². The maximum Gasteiger partial charge on any atom is 0.341 e. The second-order valence-electron chi connectivity index (χ2n) is 4.89. The number of hydrogen-bond donors (Lipinski definition) is 1. The number of hydrogen-bond acceptors (Lipinski definition) is 4. The molecule has 0 aliphatic rings. The minimum absolute atomic E-state index is 0. The number of nitrogens with zero attached hydrogens (tertiary/aromatic N) is 1. The van der Waals surface area contributed by atoms with E-state index in [0.29, 0.717) is 22.9 Å². The number of halogens is 2. The van der Waals surface area contributed by atoms with Crippen molar-refractivity contribution in [3.8, 4) is 0 Å². The Kier molecular flexibility index (Phi) is 6.01. The van der Waals surface area contributed by atoms with E-state index in [9.17, 15) is 4.79 Å². The average molecular weight is 363 g/mol. The second-order valence-corrected chi connectivity index (χ2v) is 5.30. The topological polar surface area (TPSA) is 51.2 Å². The fourth-order valence-corrected chi connectivity index (χ4v) is 2.52. The van der Waals surface area contributed by atoms with Crippen molar-refractivity contribution in [2.45, 2.75) is 6.92 Å². The van der Waals surface area contributed by atoms with E-state index in [1.807, 2.05) is 42.5 Å². The van der Waals surface area contributed by atoms with Crippen LogP contribution in [-0.4, -0.2) is 17.6 Å². The van der Waals surface area contributed by atoms with Gasteiger partial charge in [-0.3, -0.25) is 4.98 Å². The Balaban J connectivity index is 0.00000208. The molecule has 0 saturated carbocycles. The maximum absolute atomic E-state index is 12.2. The Morgan fingerprint density at radius 2 is 1.88 bits per heavy atom. The van der Waals surface area contributed by atoms with Crippen LogP contribution in [0.25, 0.3) is 10.9 Å². The van der Waals surface area contributed by atoms with E-state index < -0.39 is 5.97 Å². The van der Waals surface area contributed by atoms with Gasteiger partial charge in [0, 0.05) is 11.6 Å². The number of esters is 1. The molecule has 0 radical (unpaired) electrons. The fourth-order valence-electron chi connectivity index (χ4n) is 2.34. The Labute approximate surface area is 151 Å². The van der Waals surface area contributed by atoms with Crippen molar-refractivity contribution in [1.29, 1.82) is 0 Å². The molecular formula is C18H16Cl2N2O2. The molecule has 6 heteroatoms. The summed E-state index contributed by atoms with van der Waals surface area (Å²) in [6, 6.07) is 15.0. The number of anilines is 2. The maximum atomic E-state index is 12.2. The molecule has 3 rings (SSSR count). The van der Waals surface area contributed by atoms with Crippen molar-refractivity contribution in [3.05, 3.63) is 65.3 Å². The number of benzene rings is 2. The zero-order valence-electron chi connectivity index (χ0n) is 13.0. The van der Waals surface area contributed by atoms with Gasteiger partial charge in [-0.1, -0.05) is 41.9 Å². The average Bonchev–Trinajstić information content (AvgIpc) is 2.57. The molecule has 4 nitrogen and oxygen atoms in total. The second kappa shape index (κ2) is 7.99. The van der Waals surface area contributed by atoms with Gasteiger partial charge in [-0.25, -0.2) is 4.79 Å². The van der Waals surface area contributed by atoms with Crippen LogP contribution in [-0.2, 0) is 4.74 Å². The van der Waals surface area contributed by atoms with Crippen LogP contribution in [0.5, 0.6) is 0 Å². The molecule has 24 heavy (non-hydrogen) atoms. The van der Waals surface area contributed by atoms with Gasteiger partial charge in [0.25, 0.3) is 0 Å². The molecule has 0 saturated heterocycles. The SMILES string of the molecule is CCOC(=O)c1cnc2ccccc2c1Nc1ccccc1Cl.Cl. The quantitative estimate of drug-likeness (QED) is 0.645. The third-order valence-electron chi connectivity index (χ3n) is 3.40. The molecule has 0 bridgehead atoms. The smallest absolute Gasteiger partial charge is 0.341 e. The fraction of sp³-hybridized carbons (Fsp3) is 0.111. The summed E-state index contributed by atoms with van der Waals surface area (Å²) in [6.45, 7) is 2.07. The summed E-state index contributed by atoms with van der Waals surface area (Å²) in [7, 11) is 0. The predicted molar refractivity (Wildman–Crippen MR) is 99.7 cm³/mol. The van der Waals surface area contributed by atoms with E-state index in [1.54, 1.807) is 13.0 Å². The van der Waals surface area contributed by atoms with Gasteiger partial charge >= 0.3 is 5.97 Å². The lowest BCUT2D eigenvalue weighted by molar-refractivity contribution is 0.0527. The van der Waals surface area contributed by atoms with Gasteiger partial charge in [-0.15, -0.1) is 12.4 Å². The highest BCUT2D eigenvalue weighted by atomic mass is 35.5. The zero-order valence-corrected chi connectivity index (χ0v) is 14.5. The molecule has 0 atom stereocenters. The zero-order chi connectivity index (χ0) is 16.2. The Hall–Kier alpha value is -2.30. The van der Waals surface area contributed by atoms with E-state index in [0.717, 1.165) is 16.6 Å². The monoisotopic (exact) mass is 362 g/mol. The van der Waals surface area contributed by atoms with Gasteiger partial charge in [0.15, 0.2) is 0 Å². The van der Waals surface area contributed by atoms with Crippen molar-refractivity contribution in [1.82, 2.24) is 4.98 Å². The lowest BCUT2D eigenvalue weighted by Crippen LogP contribution is -2.09. The number of pyridine rings is 1. The lowest BCUT2D eigenvalue weighted by atomic mass is 10.1. The van der Waals surface area contributed by atoms with Gasteiger partial charge < -0.3 is 10.1 Å². The Bertz CT molecular complexity index is 869. The normalized spacial score (nSPS) is 10.1. The molecule has 1 N–H and O–H groups in total. The summed E-state index contributed by atoms with van der Waals surface area (Å²) in [5, 5.41) is 4.65. The molecule has 3 aromatic rings. The number of carbonyl (C=O) groups is 1. The highest BCUT2D eigenvalue weighted by molar-refractivity contribution is 6.33. The van der Waals surface area contributed by atoms with Crippen molar-refractivity contribution >= 4 is 52.3 Å². The van der Waals surface area contributed by atoms with Crippen molar-refractivity contribution in [2.24, 2.45) is 0 Å². The predicted octanol–water partition coefficient (Wildman–Crippen LogP) is 5.23. The highest BCUT2D eigenvalue weighted by Crippen LogP contribution is 2.32. The van der Waals surface area contributed by atoms with Gasteiger partial charge in [-0.2, -0.15) is 0 Å². The Morgan fingerprint density at radius 1 is 1.17 bits per heavy atom. The third kappa shape index (κ3) is 3.61. The molecule has 0 aliphatic heterocycles. The van der Waals surface area contributed by atoms with E-state index in [2.05, 4.69) is 10.3 Å². The molecular weight excluding hydrogens is 347 g/mol. The molecule has 0 unspecified atom stereocenters. The molecule has 0 fully saturated rings. The first-order valence-electron chi connectivity index (χ1n) is 7.27. The number of aromatic nitrogens is 1. The summed E-state index contributed by atoms with van der Waals surface area (Å²) in [6.07, 6.45) is 1.53. The summed E-state index contributed by atoms with van der Waals surface area (Å²) in [4.78, 5) is 16.6. The minimum atomic E-state index is -0.416. The van der Waals surface area contributed by atoms with Crippen LogP contribution in [0.15, 0.2) is 54.7 Å². The molecule has 0 aliphatic carbocycles. The van der Waals surface area contributed by atoms with E-state index in [-0.39, 0.29) is 12.4 Å². The summed E-state index contributed by atoms with van der Waals surface area (Å²) < 4.78 is 5.13. The van der Waals surface area contributed by atoms with Gasteiger partial charge in [-0.05, 0) is 25.1 Å². The number of ether oxygens (including phenoxy) is 1. The first kappa shape index (κ1) is 18.0. The number of rotatable bonds is 4. The molecule has 0 amide bonds. The van der Waals surface area contributed by atoms with E-state index in [4.69, 9.17) is 16.3 Å². The van der Waals surface area contributed by atoms with Crippen molar-refractivity contribution < 1.29 is 9.53 Å². The molecule has 1 aromatic heterocycles. The number of nitrogens with one attached hydrogen (secondary N) is 1. The van der Waals surface area contributed by atoms with Gasteiger partial charge in [0.05, 0.1) is 28.5 Å². The number of fused-ring (bicyclic) bond motifs is 1. The van der Waals surface area contributed by atoms with Crippen LogP contribution in [0.3, 0.4) is 0 Å². The number of carbonyl (C=O) groups excluding carboxylic acids is 1. The minimum Gasteiger partial charge on any atom is -0.462 e. The van der Waals surface area contributed by atoms with Gasteiger partial charge in [0.2, 0.25) is 0 Å². The van der Waals surface area contributed by atoms with Crippen LogP contribution in [0.4, 0.5) is 11.4 Å². The highest BCUT2D eigenvalue weighted by Gasteiger charge is 2.17. The molecule has 1 heterocycles. The summed E-state index contributed by atoms with van der Waals surface area (Å²) in [5.41, 5.74) is 2.53. The third-order valence-corrected chi connectivity index (χ3v) is 3.73. The Morgan fingerprint density at radius 3 is 2.62 bits per heavy atom. The first-order valence-corrected chi connectivity index (χ1v) is 7.65. The number of para-hydroxylation sites is 2. The standard InChI is InChI=1S/C18H15ClN2O2.ClH/c1-2-23-18(22)13-11-20-15-9-5-3-7-12(15)17(13)21-16-10-6-4-8-14(16)19;/h3-11H,2H2,1H3,(H,20,21);1H. The summed E-state index contributed by atoms with van der Waals surface area (Å²) >= 11 is 6.22. The lowest BCUT2D eigenvalue weighted by Gasteiger charge is -2.14. The van der Waals surface area contributed by atoms with E-state index >= 15 is 0 Å². The van der Waals surface area contributed by atoms with Crippen LogP contribution >= 0.6 is 24.0 Å². The van der Waals surface area contributed by atoms with Crippen LogP contribution in [0.2, 0.25) is 5.02 Å². The first-order chi connectivity index (χ1) is 11.2. The molecule has 2 aromatic carbocycles. The largest absolute Gasteiger partial charge is 0.462 e. The van der Waals surface area contributed by atoms with Crippen molar-refractivity contribution in [2.75, 3.05) is 11.9 Å². The molecule has 0 spiro atoms. The van der Waals surface area contributed by atoms with Crippen LogP contribution < -0.4 is 5.32 Å². The van der Waals surface area contributed by atoms with E-state index in [1.165, 1.54) is 6.20 Å². The molecule has 124 valence electrons.